The summed E-state index contributed by atoms with van der Waals surface area (Å²) >= 11 is 12.3. The van der Waals surface area contributed by atoms with Crippen molar-refractivity contribution in [3.63, 3.8) is 0 Å². The molecule has 0 unspecified atom stereocenters. The molecule has 4 nitrogen and oxygen atoms in total. The van der Waals surface area contributed by atoms with Crippen LogP contribution in [0.5, 0.6) is 0 Å². The Morgan fingerprint density at radius 2 is 1.97 bits per heavy atom. The van der Waals surface area contributed by atoms with Crippen molar-refractivity contribution in [2.45, 2.75) is 25.9 Å². The van der Waals surface area contributed by atoms with E-state index in [0.717, 1.165) is 22.8 Å². The van der Waals surface area contributed by atoms with Crippen molar-refractivity contribution >= 4 is 39.9 Å². The van der Waals surface area contributed by atoms with Crippen molar-refractivity contribution < 1.29 is 9.53 Å². The minimum Gasteiger partial charge on any atom is -0.375 e. The highest BCUT2D eigenvalue weighted by Crippen LogP contribution is 2.32. The topological polar surface area (TPSA) is 53.3 Å². The van der Waals surface area contributed by atoms with E-state index in [1.54, 1.807) is 6.07 Å². The summed E-state index contributed by atoms with van der Waals surface area (Å²) in [6, 6.07) is 17.4. The molecular weight excluding hydrogens is 431 g/mol. The second kappa shape index (κ2) is 9.28. The van der Waals surface area contributed by atoms with E-state index in [0.29, 0.717) is 46.4 Å². The van der Waals surface area contributed by atoms with E-state index in [1.165, 1.54) is 0 Å². The van der Waals surface area contributed by atoms with Crippen molar-refractivity contribution in [3.8, 4) is 6.07 Å². The van der Waals surface area contributed by atoms with Crippen molar-refractivity contribution in [2.75, 3.05) is 19.7 Å². The third-order valence-electron chi connectivity index (χ3n) is 5.88. The Kier molecular flexibility index (Phi) is 6.48. The van der Waals surface area contributed by atoms with Crippen molar-refractivity contribution in [1.29, 1.82) is 5.26 Å². The number of nitrogens with zero attached hydrogens (tertiary/aromatic N) is 2. The summed E-state index contributed by atoms with van der Waals surface area (Å²) in [5.74, 6) is 0.0390. The van der Waals surface area contributed by atoms with Crippen LogP contribution in [0.1, 0.15) is 46.3 Å². The van der Waals surface area contributed by atoms with Crippen LogP contribution in [0.15, 0.2) is 48.5 Å². The van der Waals surface area contributed by atoms with Gasteiger partial charge in [0.1, 0.15) is 0 Å². The van der Waals surface area contributed by atoms with Gasteiger partial charge < -0.3 is 9.64 Å². The fourth-order valence-corrected chi connectivity index (χ4v) is 4.48. The Hall–Kier alpha value is -2.58. The fraction of sp³-hybridized carbons (Fsp3) is 0.280. The molecule has 0 aliphatic carbocycles. The highest BCUT2D eigenvalue weighted by molar-refractivity contribution is 6.42. The fourth-order valence-electron chi connectivity index (χ4n) is 4.17. The first kappa shape index (κ1) is 21.6. The number of benzene rings is 3. The molecule has 3 aromatic rings. The van der Waals surface area contributed by atoms with Gasteiger partial charge in [0.05, 0.1) is 40.5 Å². The lowest BCUT2D eigenvalue weighted by Crippen LogP contribution is -2.39. The van der Waals surface area contributed by atoms with Crippen LogP contribution in [-0.4, -0.2) is 30.5 Å². The summed E-state index contributed by atoms with van der Waals surface area (Å²) in [5.41, 5.74) is 2.76. The number of nitriles is 1. The Morgan fingerprint density at radius 3 is 2.71 bits per heavy atom. The second-order valence-corrected chi connectivity index (χ2v) is 8.51. The Morgan fingerprint density at radius 1 is 1.16 bits per heavy atom. The number of fused-ring (bicyclic) bond motifs is 3. The number of carbonyl (C=O) groups excluding carboxylic acids is 1. The van der Waals surface area contributed by atoms with Gasteiger partial charge in [0.15, 0.2) is 0 Å². The molecule has 1 amide bonds. The zero-order valence-electron chi connectivity index (χ0n) is 17.2. The van der Waals surface area contributed by atoms with Gasteiger partial charge in [0.2, 0.25) is 0 Å². The molecule has 0 saturated heterocycles. The van der Waals surface area contributed by atoms with Gasteiger partial charge >= 0.3 is 0 Å². The monoisotopic (exact) mass is 452 g/mol. The molecule has 1 heterocycles. The molecule has 6 heteroatoms. The van der Waals surface area contributed by atoms with Gasteiger partial charge in [-0.15, -0.1) is 0 Å². The van der Waals surface area contributed by atoms with Gasteiger partial charge in [0.25, 0.3) is 5.91 Å². The third-order valence-corrected chi connectivity index (χ3v) is 6.62. The maximum atomic E-state index is 13.8. The quantitative estimate of drug-likeness (QED) is 0.474. The van der Waals surface area contributed by atoms with Crippen LogP contribution in [-0.2, 0) is 11.3 Å². The number of carbonyl (C=O) groups is 1. The highest BCUT2D eigenvalue weighted by Gasteiger charge is 2.28. The molecule has 0 radical (unpaired) electrons. The molecule has 0 saturated carbocycles. The van der Waals surface area contributed by atoms with Gasteiger partial charge in [-0.25, -0.2) is 0 Å². The summed E-state index contributed by atoms with van der Waals surface area (Å²) in [6.45, 7) is 3.78. The minimum atomic E-state index is -0.0647. The Bertz CT molecular complexity index is 1190. The predicted molar refractivity (Wildman–Crippen MR) is 124 cm³/mol. The molecule has 31 heavy (non-hydrogen) atoms. The first-order valence-corrected chi connectivity index (χ1v) is 11.1. The number of ether oxygens (including phenoxy) is 1. The Balaban J connectivity index is 1.76. The van der Waals surface area contributed by atoms with E-state index in [1.807, 2.05) is 47.4 Å². The molecule has 0 fully saturated rings. The maximum Gasteiger partial charge on any atom is 0.254 e. The maximum absolute atomic E-state index is 13.8. The molecule has 1 aliphatic heterocycles. The van der Waals surface area contributed by atoms with Crippen LogP contribution in [0.3, 0.4) is 0 Å². The normalized spacial score (nSPS) is 15.2. The van der Waals surface area contributed by atoms with E-state index >= 15 is 0 Å². The lowest BCUT2D eigenvalue weighted by atomic mass is 9.92. The number of rotatable bonds is 4. The number of amides is 1. The molecule has 1 atom stereocenters. The van der Waals surface area contributed by atoms with Crippen LogP contribution in [0.25, 0.3) is 10.8 Å². The molecule has 4 rings (SSSR count). The van der Waals surface area contributed by atoms with Crippen molar-refractivity contribution in [3.05, 3.63) is 80.8 Å². The van der Waals surface area contributed by atoms with Crippen LogP contribution in [0, 0.1) is 11.3 Å². The van der Waals surface area contributed by atoms with E-state index in [-0.39, 0.29) is 18.4 Å². The summed E-state index contributed by atoms with van der Waals surface area (Å²) in [5, 5.41) is 12.4. The first-order chi connectivity index (χ1) is 15.0. The van der Waals surface area contributed by atoms with E-state index in [4.69, 9.17) is 27.9 Å². The molecule has 3 aromatic carbocycles. The summed E-state index contributed by atoms with van der Waals surface area (Å²) in [7, 11) is 0. The van der Waals surface area contributed by atoms with Crippen LogP contribution in [0.2, 0.25) is 10.0 Å². The number of hydrogen-bond acceptors (Lipinski definition) is 3. The second-order valence-electron chi connectivity index (χ2n) is 7.69. The van der Waals surface area contributed by atoms with Crippen LogP contribution in [0.4, 0.5) is 0 Å². The molecule has 0 spiro atoms. The smallest absolute Gasteiger partial charge is 0.254 e. The molecule has 0 aromatic heterocycles. The molecular formula is C25H22Cl2N2O2. The average Bonchev–Trinajstić information content (AvgIpc) is 2.78. The molecule has 0 bridgehead atoms. The lowest BCUT2D eigenvalue weighted by Gasteiger charge is -2.31. The van der Waals surface area contributed by atoms with Crippen molar-refractivity contribution in [2.24, 2.45) is 0 Å². The highest BCUT2D eigenvalue weighted by atomic mass is 35.5. The van der Waals surface area contributed by atoms with E-state index in [2.05, 4.69) is 13.0 Å². The van der Waals surface area contributed by atoms with Crippen LogP contribution < -0.4 is 0 Å². The average molecular weight is 453 g/mol. The van der Waals surface area contributed by atoms with Crippen molar-refractivity contribution in [1.82, 2.24) is 4.90 Å². The van der Waals surface area contributed by atoms with Crippen LogP contribution >= 0.6 is 23.2 Å². The lowest BCUT2D eigenvalue weighted by molar-refractivity contribution is 0.0548. The van der Waals surface area contributed by atoms with Gasteiger partial charge in [-0.1, -0.05) is 60.5 Å². The third kappa shape index (κ3) is 4.27. The summed E-state index contributed by atoms with van der Waals surface area (Å²) < 4.78 is 5.84. The minimum absolute atomic E-state index is 0.0647. The van der Waals surface area contributed by atoms with Gasteiger partial charge in [-0.2, -0.15) is 5.26 Å². The van der Waals surface area contributed by atoms with E-state index in [9.17, 15) is 10.1 Å². The van der Waals surface area contributed by atoms with Gasteiger partial charge in [-0.05, 0) is 41.0 Å². The first-order valence-electron chi connectivity index (χ1n) is 10.3. The Labute approximate surface area is 191 Å². The van der Waals surface area contributed by atoms with Gasteiger partial charge in [-0.3, -0.25) is 4.79 Å². The summed E-state index contributed by atoms with van der Waals surface area (Å²) in [4.78, 5) is 15.6. The van der Waals surface area contributed by atoms with E-state index < -0.39 is 0 Å². The predicted octanol–water partition coefficient (Wildman–Crippen LogP) is 6.18. The standard InChI is InChI=1S/C25H22Cl2N2O2/c1-2-16(17-7-8-22(26)23(27)12-17)14-29-9-10-31-15-21-19(13-28)11-18-5-3-4-6-20(18)24(21)25(29)30/h3-8,11-12,16H,2,9-10,14-15H2,1H3/t16-/m1/s1. The zero-order valence-corrected chi connectivity index (χ0v) is 18.7. The molecule has 0 N–H and O–H groups in total. The molecule has 158 valence electrons. The SMILES string of the molecule is CC[C@H](CN1CCOCc2c(C#N)cc3ccccc3c2C1=O)c1ccc(Cl)c(Cl)c1. The number of halogens is 2. The largest absolute Gasteiger partial charge is 0.375 e. The molecule has 1 aliphatic rings. The zero-order chi connectivity index (χ0) is 22.0. The van der Waals surface area contributed by atoms with Gasteiger partial charge in [0, 0.05) is 24.6 Å². The number of hydrogen-bond donors (Lipinski definition) is 0. The summed E-state index contributed by atoms with van der Waals surface area (Å²) in [6.07, 6.45) is 0.842.